The fourth-order valence-electron chi connectivity index (χ4n) is 3.86. The van der Waals surface area contributed by atoms with Crippen LogP contribution in [0.15, 0.2) is 78.9 Å². The second-order valence-corrected chi connectivity index (χ2v) is 7.69. The highest BCUT2D eigenvalue weighted by Gasteiger charge is 2.35. The van der Waals surface area contributed by atoms with E-state index in [-0.39, 0.29) is 12.5 Å². The molecule has 6 heteroatoms. The lowest BCUT2D eigenvalue weighted by molar-refractivity contribution is -0.120. The number of hydrogen-bond acceptors (Lipinski definition) is 4. The van der Waals surface area contributed by atoms with Gasteiger partial charge in [-0.1, -0.05) is 54.6 Å². The van der Waals surface area contributed by atoms with Crippen molar-refractivity contribution in [3.8, 4) is 16.9 Å². The van der Waals surface area contributed by atoms with Gasteiger partial charge in [0.15, 0.2) is 0 Å². The van der Waals surface area contributed by atoms with E-state index in [9.17, 15) is 9.59 Å². The Bertz CT molecular complexity index is 1080. The summed E-state index contributed by atoms with van der Waals surface area (Å²) in [6, 6.07) is 24.4. The van der Waals surface area contributed by atoms with Crippen LogP contribution in [0, 0.1) is 0 Å². The summed E-state index contributed by atoms with van der Waals surface area (Å²) in [4.78, 5) is 27.1. The van der Waals surface area contributed by atoms with Crippen molar-refractivity contribution in [3.63, 3.8) is 0 Å². The van der Waals surface area contributed by atoms with Gasteiger partial charge in [0.1, 0.15) is 18.4 Å². The van der Waals surface area contributed by atoms with E-state index in [1.807, 2.05) is 78.9 Å². The third-order valence-electron chi connectivity index (χ3n) is 5.53. The van der Waals surface area contributed by atoms with Crippen LogP contribution in [0.4, 0.5) is 10.5 Å². The zero-order valence-corrected chi connectivity index (χ0v) is 18.0. The zero-order valence-electron chi connectivity index (χ0n) is 18.0. The van der Waals surface area contributed by atoms with Crippen LogP contribution in [0.2, 0.25) is 0 Å². The van der Waals surface area contributed by atoms with Crippen LogP contribution in [0.5, 0.6) is 5.75 Å². The summed E-state index contributed by atoms with van der Waals surface area (Å²) in [5.74, 6) is 0.564. The van der Waals surface area contributed by atoms with Gasteiger partial charge in [0.2, 0.25) is 5.91 Å². The molecule has 0 bridgehead atoms. The Labute approximate surface area is 187 Å². The molecule has 2 amide bonds. The van der Waals surface area contributed by atoms with Crippen LogP contribution in [0.1, 0.15) is 18.4 Å². The number of carbonyl (C=O) groups excluding carboxylic acids is 2. The van der Waals surface area contributed by atoms with Crippen LogP contribution in [-0.2, 0) is 16.1 Å². The Hall–Kier alpha value is -3.80. The normalized spacial score (nSPS) is 15.3. The molecule has 1 heterocycles. The first-order chi connectivity index (χ1) is 15.6. The third-order valence-corrected chi connectivity index (χ3v) is 5.53. The second-order valence-electron chi connectivity index (χ2n) is 7.69. The summed E-state index contributed by atoms with van der Waals surface area (Å²) in [5.41, 5.74) is 3.55. The number of nitrogens with one attached hydrogen (secondary N) is 1. The molecule has 6 nitrogen and oxygen atoms in total. The minimum Gasteiger partial charge on any atom is -0.497 e. The van der Waals surface area contributed by atoms with Gasteiger partial charge in [-0.25, -0.2) is 4.79 Å². The SMILES string of the molecule is COc1cccc(-c2cccc(NC(=O)[C@@H]3CCCN3C(=O)OCc3ccccc3)c2)c1. The Balaban J connectivity index is 1.41. The fraction of sp³-hybridized carbons (Fsp3) is 0.231. The Morgan fingerprint density at radius 2 is 1.72 bits per heavy atom. The molecule has 0 aliphatic carbocycles. The number of amides is 2. The molecule has 4 rings (SSSR count). The van der Waals surface area contributed by atoms with Crippen molar-refractivity contribution < 1.29 is 19.1 Å². The number of methoxy groups -OCH3 is 1. The van der Waals surface area contributed by atoms with Gasteiger partial charge in [0, 0.05) is 12.2 Å². The molecule has 164 valence electrons. The quantitative estimate of drug-likeness (QED) is 0.591. The van der Waals surface area contributed by atoms with E-state index in [0.29, 0.717) is 18.7 Å². The Kier molecular flexibility index (Phi) is 6.70. The topological polar surface area (TPSA) is 67.9 Å². The molecule has 1 N–H and O–H groups in total. The molecule has 0 radical (unpaired) electrons. The van der Waals surface area contributed by atoms with E-state index < -0.39 is 12.1 Å². The number of carbonyl (C=O) groups is 2. The van der Waals surface area contributed by atoms with Gasteiger partial charge in [0.05, 0.1) is 7.11 Å². The highest BCUT2D eigenvalue weighted by molar-refractivity contribution is 5.97. The van der Waals surface area contributed by atoms with Gasteiger partial charge in [0.25, 0.3) is 0 Å². The Morgan fingerprint density at radius 3 is 2.50 bits per heavy atom. The minimum absolute atomic E-state index is 0.188. The molecule has 0 aromatic heterocycles. The maximum absolute atomic E-state index is 13.0. The monoisotopic (exact) mass is 430 g/mol. The van der Waals surface area contributed by atoms with Crippen LogP contribution < -0.4 is 10.1 Å². The number of nitrogens with zero attached hydrogens (tertiary/aromatic N) is 1. The summed E-state index contributed by atoms with van der Waals surface area (Å²) in [6.07, 6.45) is 0.918. The molecule has 0 unspecified atom stereocenters. The molecule has 3 aromatic carbocycles. The number of likely N-dealkylation sites (tertiary alicyclic amines) is 1. The molecular formula is C26H26N2O4. The van der Waals surface area contributed by atoms with Gasteiger partial charge in [-0.15, -0.1) is 0 Å². The van der Waals surface area contributed by atoms with E-state index in [4.69, 9.17) is 9.47 Å². The van der Waals surface area contributed by atoms with Crippen LogP contribution in [-0.4, -0.2) is 36.6 Å². The average Bonchev–Trinajstić information content (AvgIpc) is 3.34. The molecule has 1 aliphatic rings. The summed E-state index contributed by atoms with van der Waals surface area (Å²) < 4.78 is 10.7. The fourth-order valence-corrected chi connectivity index (χ4v) is 3.86. The maximum Gasteiger partial charge on any atom is 0.410 e. The van der Waals surface area contributed by atoms with E-state index >= 15 is 0 Å². The molecule has 0 spiro atoms. The lowest BCUT2D eigenvalue weighted by Crippen LogP contribution is -2.43. The van der Waals surface area contributed by atoms with Gasteiger partial charge in [-0.3, -0.25) is 9.69 Å². The number of benzene rings is 3. The van der Waals surface area contributed by atoms with E-state index in [2.05, 4.69) is 5.32 Å². The molecule has 1 saturated heterocycles. The molecular weight excluding hydrogens is 404 g/mol. The summed E-state index contributed by atoms with van der Waals surface area (Å²) in [7, 11) is 1.63. The summed E-state index contributed by atoms with van der Waals surface area (Å²) in [5, 5.41) is 2.96. The predicted molar refractivity (Wildman–Crippen MR) is 123 cm³/mol. The highest BCUT2D eigenvalue weighted by atomic mass is 16.6. The molecule has 3 aromatic rings. The third kappa shape index (κ3) is 5.09. The van der Waals surface area contributed by atoms with E-state index in [0.717, 1.165) is 28.9 Å². The predicted octanol–water partition coefficient (Wildman–Crippen LogP) is 5.10. The Morgan fingerprint density at radius 1 is 0.969 bits per heavy atom. The number of ether oxygens (including phenoxy) is 2. The molecule has 0 saturated carbocycles. The van der Waals surface area contributed by atoms with E-state index in [1.165, 1.54) is 4.90 Å². The van der Waals surface area contributed by atoms with Crippen molar-refractivity contribution in [2.75, 3.05) is 19.0 Å². The lowest BCUT2D eigenvalue weighted by atomic mass is 10.0. The van der Waals surface area contributed by atoms with Crippen molar-refractivity contribution >= 4 is 17.7 Å². The second kappa shape index (κ2) is 10.0. The number of rotatable bonds is 6. The zero-order chi connectivity index (χ0) is 22.3. The van der Waals surface area contributed by atoms with Gasteiger partial charge in [-0.2, -0.15) is 0 Å². The van der Waals surface area contributed by atoms with Crippen LogP contribution in [0.3, 0.4) is 0 Å². The lowest BCUT2D eigenvalue weighted by Gasteiger charge is -2.23. The molecule has 1 atom stereocenters. The van der Waals surface area contributed by atoms with Crippen molar-refractivity contribution in [2.45, 2.75) is 25.5 Å². The smallest absolute Gasteiger partial charge is 0.410 e. The summed E-state index contributed by atoms with van der Waals surface area (Å²) >= 11 is 0. The first-order valence-electron chi connectivity index (χ1n) is 10.7. The van der Waals surface area contributed by atoms with E-state index in [1.54, 1.807) is 7.11 Å². The number of anilines is 1. The molecule has 1 fully saturated rings. The van der Waals surface area contributed by atoms with Crippen molar-refractivity contribution in [2.24, 2.45) is 0 Å². The van der Waals surface area contributed by atoms with Gasteiger partial charge in [-0.05, 0) is 53.8 Å². The first-order valence-corrected chi connectivity index (χ1v) is 10.7. The highest BCUT2D eigenvalue weighted by Crippen LogP contribution is 2.27. The average molecular weight is 431 g/mol. The minimum atomic E-state index is -0.543. The van der Waals surface area contributed by atoms with Crippen LogP contribution in [0.25, 0.3) is 11.1 Å². The summed E-state index contributed by atoms with van der Waals surface area (Å²) in [6.45, 7) is 0.697. The number of hydrogen-bond donors (Lipinski definition) is 1. The first kappa shape index (κ1) is 21.4. The largest absolute Gasteiger partial charge is 0.497 e. The standard InChI is InChI=1S/C26H26N2O4/c1-31-23-13-6-11-21(17-23)20-10-5-12-22(16-20)27-25(29)24-14-7-15-28(24)26(30)32-18-19-8-3-2-4-9-19/h2-6,8-13,16-17,24H,7,14-15,18H2,1H3,(H,27,29)/t24-/m0/s1. The van der Waals surface area contributed by atoms with Crippen LogP contribution >= 0.6 is 0 Å². The van der Waals surface area contributed by atoms with Crippen molar-refractivity contribution in [3.05, 3.63) is 84.4 Å². The van der Waals surface area contributed by atoms with Gasteiger partial charge < -0.3 is 14.8 Å². The van der Waals surface area contributed by atoms with Gasteiger partial charge >= 0.3 is 6.09 Å². The maximum atomic E-state index is 13.0. The molecule has 32 heavy (non-hydrogen) atoms. The van der Waals surface area contributed by atoms with Crippen molar-refractivity contribution in [1.29, 1.82) is 0 Å². The van der Waals surface area contributed by atoms with Crippen molar-refractivity contribution in [1.82, 2.24) is 4.90 Å². The molecule has 1 aliphatic heterocycles.